The summed E-state index contributed by atoms with van der Waals surface area (Å²) in [6, 6.07) is 17.8. The van der Waals surface area contributed by atoms with Gasteiger partial charge in [0.1, 0.15) is 10.6 Å². The third-order valence-corrected chi connectivity index (χ3v) is 6.19. The highest BCUT2D eigenvalue weighted by Gasteiger charge is 2.25. The second kappa shape index (κ2) is 8.41. The molecule has 1 aliphatic heterocycles. The highest BCUT2D eigenvalue weighted by molar-refractivity contribution is 7.84. The van der Waals surface area contributed by atoms with E-state index in [4.69, 9.17) is 21.1 Å². The quantitative estimate of drug-likeness (QED) is 0.347. The fourth-order valence-corrected chi connectivity index (χ4v) is 4.23. The minimum atomic E-state index is -3.91. The summed E-state index contributed by atoms with van der Waals surface area (Å²) in [4.78, 5) is 12.3. The zero-order chi connectivity index (χ0) is 22.0. The fraction of sp³-hybridized carbons (Fsp3) is 0.0909. The summed E-state index contributed by atoms with van der Waals surface area (Å²) < 4.78 is 39.3. The van der Waals surface area contributed by atoms with E-state index in [0.717, 1.165) is 0 Å². The average Bonchev–Trinajstić information content (AvgIpc) is 3.21. The summed E-state index contributed by atoms with van der Waals surface area (Å²) in [6.07, 6.45) is 0. The molecule has 7 nitrogen and oxygen atoms in total. The van der Waals surface area contributed by atoms with E-state index in [2.05, 4.69) is 9.71 Å². The van der Waals surface area contributed by atoms with Crippen LogP contribution in [-0.4, -0.2) is 26.8 Å². The summed E-state index contributed by atoms with van der Waals surface area (Å²) in [5.41, 5.74) is 1.23. The van der Waals surface area contributed by atoms with Crippen molar-refractivity contribution in [1.82, 2.24) is 0 Å². The molecule has 2 N–H and O–H groups in total. The van der Waals surface area contributed by atoms with Crippen LogP contribution in [0.25, 0.3) is 0 Å². The number of carbonyl (C=O) groups excluding carboxylic acids is 1. The van der Waals surface area contributed by atoms with Gasteiger partial charge >= 0.3 is 10.0 Å². The van der Waals surface area contributed by atoms with Crippen LogP contribution in [0.3, 0.4) is 0 Å². The molecule has 0 radical (unpaired) electrons. The molecule has 0 fully saturated rings. The average molecular weight is 458 g/mol. The monoisotopic (exact) mass is 457 g/mol. The number of amidine groups is 1. The highest BCUT2D eigenvalue weighted by atomic mass is 35.5. The molecule has 3 aromatic rings. The van der Waals surface area contributed by atoms with Crippen molar-refractivity contribution in [3.8, 4) is 11.5 Å². The summed E-state index contributed by atoms with van der Waals surface area (Å²) >= 11 is 5.99. The third kappa shape index (κ3) is 4.55. The smallest absolute Gasteiger partial charge is 0.328 e. The van der Waals surface area contributed by atoms with Gasteiger partial charge in [-0.2, -0.15) is 12.8 Å². The van der Waals surface area contributed by atoms with Crippen LogP contribution in [0.4, 0.5) is 5.69 Å². The Morgan fingerprint density at radius 1 is 1.00 bits per heavy atom. The van der Waals surface area contributed by atoms with E-state index >= 15 is 0 Å². The Labute approximate surface area is 184 Å². The molecule has 0 saturated carbocycles. The molecule has 9 heteroatoms. The number of ketones is 1. The van der Waals surface area contributed by atoms with Gasteiger partial charge in [-0.3, -0.25) is 4.79 Å². The molecule has 3 aromatic carbocycles. The van der Waals surface area contributed by atoms with Crippen molar-refractivity contribution in [2.24, 2.45) is 0 Å². The van der Waals surface area contributed by atoms with Gasteiger partial charge in [0.2, 0.25) is 6.79 Å². The molecule has 0 bridgehead atoms. The molecular formula is C22H18ClN2O5S+. The number of halogens is 1. The summed E-state index contributed by atoms with van der Waals surface area (Å²) in [5, 5.41) is 3.55. The Hall–Kier alpha value is -3.36. The first kappa shape index (κ1) is 20.9. The Bertz CT molecular complexity index is 1270. The van der Waals surface area contributed by atoms with Gasteiger partial charge in [-0.25, -0.2) is 5.32 Å². The zero-order valence-corrected chi connectivity index (χ0v) is 18.0. The van der Waals surface area contributed by atoms with Gasteiger partial charge in [-0.05, 0) is 49.4 Å². The molecule has 4 rings (SSSR count). The van der Waals surface area contributed by atoms with Crippen molar-refractivity contribution < 1.29 is 27.1 Å². The molecule has 158 valence electrons. The molecule has 0 unspecified atom stereocenters. The van der Waals surface area contributed by atoms with Crippen LogP contribution in [0.1, 0.15) is 22.8 Å². The topological polar surface area (TPSA) is 95.7 Å². The first-order valence-electron chi connectivity index (χ1n) is 9.26. The molecular weight excluding hydrogens is 440 g/mol. The number of anilines is 1. The third-order valence-electron chi connectivity index (χ3n) is 4.57. The molecule has 1 aliphatic rings. The van der Waals surface area contributed by atoms with Gasteiger partial charge in [0.25, 0.3) is 5.84 Å². The van der Waals surface area contributed by atoms with Gasteiger partial charge in [0.15, 0.2) is 17.3 Å². The largest absolute Gasteiger partial charge is 0.454 e. The maximum atomic E-state index is 13.0. The number of rotatable bonds is 5. The van der Waals surface area contributed by atoms with Gasteiger partial charge in [-0.15, -0.1) is 0 Å². The number of hydrogen-bond acceptors (Lipinski definition) is 5. The standard InChI is InChI=1S/C22H17ClN2O5S/c1-14(26)18-11-20-21(30-13-29-20)12-19(18)24-22(15-7-9-16(23)10-8-15)25-31(27,28)17-5-3-2-4-6-17/h2-12H,13H2,1H3,(H,24,25)/p+1. The van der Waals surface area contributed by atoms with Crippen molar-refractivity contribution >= 4 is 38.9 Å². The van der Waals surface area contributed by atoms with E-state index in [1.165, 1.54) is 19.1 Å². The van der Waals surface area contributed by atoms with Crippen molar-refractivity contribution in [3.63, 3.8) is 0 Å². The fourth-order valence-electron chi connectivity index (χ4n) is 3.04. The lowest BCUT2D eigenvalue weighted by atomic mass is 10.1. The second-order valence-electron chi connectivity index (χ2n) is 6.73. The Morgan fingerprint density at radius 3 is 2.29 bits per heavy atom. The van der Waals surface area contributed by atoms with E-state index in [1.54, 1.807) is 54.6 Å². The predicted octanol–water partition coefficient (Wildman–Crippen LogP) is 2.60. The number of ether oxygens (including phenoxy) is 2. The van der Waals surface area contributed by atoms with Crippen LogP contribution in [0, 0.1) is 0 Å². The Kier molecular flexibility index (Phi) is 5.67. The maximum absolute atomic E-state index is 13.0. The van der Waals surface area contributed by atoms with Crippen molar-refractivity contribution in [3.05, 3.63) is 82.9 Å². The number of hydrogen-bond donors (Lipinski definition) is 2. The SMILES string of the molecule is CC(=O)c1cc2c(cc1NC(=[NH+]S(=O)(=O)c1ccccc1)c1ccc(Cl)cc1)OCO2. The molecule has 0 amide bonds. The van der Waals surface area contributed by atoms with Crippen LogP contribution >= 0.6 is 11.6 Å². The number of Topliss-reactive ketones (excluding diaryl/α,β-unsaturated/α-hetero) is 1. The summed E-state index contributed by atoms with van der Waals surface area (Å²) in [5.74, 6) is 0.839. The van der Waals surface area contributed by atoms with Gasteiger partial charge in [0.05, 0.1) is 11.1 Å². The van der Waals surface area contributed by atoms with E-state index in [0.29, 0.717) is 33.3 Å². The molecule has 1 heterocycles. The van der Waals surface area contributed by atoms with E-state index < -0.39 is 10.0 Å². The second-order valence-corrected chi connectivity index (χ2v) is 8.85. The molecule has 31 heavy (non-hydrogen) atoms. The van der Waals surface area contributed by atoms with E-state index in [9.17, 15) is 13.2 Å². The van der Waals surface area contributed by atoms with Crippen LogP contribution in [0.2, 0.25) is 5.02 Å². The van der Waals surface area contributed by atoms with Crippen LogP contribution in [0.15, 0.2) is 71.6 Å². The van der Waals surface area contributed by atoms with Gasteiger partial charge < -0.3 is 9.47 Å². The van der Waals surface area contributed by atoms with Crippen molar-refractivity contribution in [2.75, 3.05) is 12.1 Å². The number of sulfonamides is 1. The molecule has 0 spiro atoms. The van der Waals surface area contributed by atoms with Crippen molar-refractivity contribution in [1.29, 1.82) is 0 Å². The molecule has 0 atom stereocenters. The predicted molar refractivity (Wildman–Crippen MR) is 116 cm³/mol. The number of nitrogens with one attached hydrogen (secondary N) is 2. The summed E-state index contributed by atoms with van der Waals surface area (Å²) in [6.45, 7) is 1.46. The minimum Gasteiger partial charge on any atom is -0.454 e. The minimum absolute atomic E-state index is 0.0462. The Balaban J connectivity index is 1.83. The molecule has 0 aromatic heterocycles. The van der Waals surface area contributed by atoms with Crippen LogP contribution in [0.5, 0.6) is 11.5 Å². The van der Waals surface area contributed by atoms with E-state index in [-0.39, 0.29) is 23.3 Å². The molecule has 0 aliphatic carbocycles. The number of carbonyl (C=O) groups is 1. The zero-order valence-electron chi connectivity index (χ0n) is 16.4. The van der Waals surface area contributed by atoms with Gasteiger partial charge in [-0.1, -0.05) is 29.8 Å². The first-order chi connectivity index (χ1) is 14.8. The summed E-state index contributed by atoms with van der Waals surface area (Å²) in [7, 11) is -3.91. The van der Waals surface area contributed by atoms with Crippen LogP contribution in [-0.2, 0) is 10.0 Å². The Morgan fingerprint density at radius 2 is 1.65 bits per heavy atom. The van der Waals surface area contributed by atoms with Gasteiger partial charge in [0, 0.05) is 11.1 Å². The normalized spacial score (nSPS) is 13.2. The van der Waals surface area contributed by atoms with E-state index in [1.807, 2.05) is 0 Å². The maximum Gasteiger partial charge on any atom is 0.328 e. The lowest BCUT2D eigenvalue weighted by molar-refractivity contribution is -0.266. The van der Waals surface area contributed by atoms with Crippen LogP contribution < -0.4 is 19.2 Å². The number of fused-ring (bicyclic) bond motifs is 1. The lowest BCUT2D eigenvalue weighted by Crippen LogP contribution is -2.78. The van der Waals surface area contributed by atoms with Crippen molar-refractivity contribution in [2.45, 2.75) is 11.8 Å². The lowest BCUT2D eigenvalue weighted by Gasteiger charge is -2.09. The molecule has 0 saturated heterocycles. The first-order valence-corrected chi connectivity index (χ1v) is 11.1. The number of benzene rings is 3. The highest BCUT2D eigenvalue weighted by Crippen LogP contribution is 2.37.